The standard InChI is InChI=1S/C22H26F3NO/c1-5-16(21(27)26-14(2)3)13-18-7-6-8-20(15(18)4)17-9-11-19(12-10-17)22(23,24)25/h5-9,13-14,19H,1,10-12H2,2-4H3,(H,26,27)/b16-13+. The van der Waals surface area contributed by atoms with Gasteiger partial charge in [-0.25, -0.2) is 0 Å². The van der Waals surface area contributed by atoms with E-state index < -0.39 is 12.1 Å². The number of halogens is 3. The van der Waals surface area contributed by atoms with Crippen LogP contribution in [0.1, 0.15) is 49.8 Å². The fourth-order valence-corrected chi connectivity index (χ4v) is 3.26. The van der Waals surface area contributed by atoms with Gasteiger partial charge in [0.1, 0.15) is 0 Å². The minimum Gasteiger partial charge on any atom is -0.350 e. The highest BCUT2D eigenvalue weighted by molar-refractivity contribution is 6.00. The van der Waals surface area contributed by atoms with Crippen LogP contribution in [0.4, 0.5) is 13.2 Å². The van der Waals surface area contributed by atoms with Crippen LogP contribution in [0.25, 0.3) is 11.6 Å². The van der Waals surface area contributed by atoms with Crippen LogP contribution in [0.5, 0.6) is 0 Å². The third kappa shape index (κ3) is 5.34. The lowest BCUT2D eigenvalue weighted by Crippen LogP contribution is -2.30. The molecule has 0 saturated heterocycles. The lowest BCUT2D eigenvalue weighted by atomic mass is 9.84. The van der Waals surface area contributed by atoms with Crippen LogP contribution < -0.4 is 5.32 Å². The Bertz CT molecular complexity index is 772. The van der Waals surface area contributed by atoms with Crippen molar-refractivity contribution < 1.29 is 18.0 Å². The number of hydrogen-bond acceptors (Lipinski definition) is 1. The first-order valence-electron chi connectivity index (χ1n) is 9.14. The molecule has 5 heteroatoms. The third-order valence-electron chi connectivity index (χ3n) is 4.81. The Labute approximate surface area is 158 Å². The number of carbonyl (C=O) groups is 1. The SMILES string of the molecule is C=C/C(=C\c1cccc(C2=CCC(C(F)(F)F)CC2)c1C)C(=O)NC(C)C. The second-order valence-electron chi connectivity index (χ2n) is 7.19. The van der Waals surface area contributed by atoms with E-state index in [1.165, 1.54) is 6.08 Å². The average molecular weight is 377 g/mol. The fraction of sp³-hybridized carbons (Fsp3) is 0.409. The van der Waals surface area contributed by atoms with E-state index in [0.717, 1.165) is 22.3 Å². The van der Waals surface area contributed by atoms with Crippen LogP contribution in [-0.2, 0) is 4.79 Å². The molecule has 0 heterocycles. The Morgan fingerprint density at radius 1 is 1.33 bits per heavy atom. The lowest BCUT2D eigenvalue weighted by Gasteiger charge is -2.25. The van der Waals surface area contributed by atoms with Crippen molar-refractivity contribution in [3.05, 3.63) is 59.2 Å². The topological polar surface area (TPSA) is 29.1 Å². The van der Waals surface area contributed by atoms with Crippen LogP contribution in [-0.4, -0.2) is 18.1 Å². The molecule has 1 atom stereocenters. The average Bonchev–Trinajstić information content (AvgIpc) is 2.59. The molecule has 0 saturated carbocycles. The van der Waals surface area contributed by atoms with E-state index >= 15 is 0 Å². The number of carbonyl (C=O) groups excluding carboxylic acids is 1. The highest BCUT2D eigenvalue weighted by Gasteiger charge is 2.39. The smallest absolute Gasteiger partial charge is 0.350 e. The van der Waals surface area contributed by atoms with Gasteiger partial charge in [0.25, 0.3) is 5.91 Å². The molecule has 0 spiro atoms. The summed E-state index contributed by atoms with van der Waals surface area (Å²) in [5, 5.41) is 2.83. The summed E-state index contributed by atoms with van der Waals surface area (Å²) in [5.74, 6) is -1.45. The molecule has 0 aliphatic heterocycles. The summed E-state index contributed by atoms with van der Waals surface area (Å²) in [7, 11) is 0. The molecule has 0 aromatic heterocycles. The van der Waals surface area contributed by atoms with Gasteiger partial charge in [-0.05, 0) is 68.4 Å². The van der Waals surface area contributed by atoms with Gasteiger partial charge in [-0.2, -0.15) is 13.2 Å². The van der Waals surface area contributed by atoms with Gasteiger partial charge in [0.15, 0.2) is 0 Å². The maximum Gasteiger partial charge on any atom is 0.392 e. The van der Waals surface area contributed by atoms with Gasteiger partial charge in [0.05, 0.1) is 5.92 Å². The molecule has 1 unspecified atom stereocenters. The number of benzene rings is 1. The van der Waals surface area contributed by atoms with Gasteiger partial charge >= 0.3 is 6.18 Å². The lowest BCUT2D eigenvalue weighted by molar-refractivity contribution is -0.175. The van der Waals surface area contributed by atoms with Crippen LogP contribution >= 0.6 is 0 Å². The predicted molar refractivity (Wildman–Crippen MR) is 104 cm³/mol. The molecule has 27 heavy (non-hydrogen) atoms. The van der Waals surface area contributed by atoms with Gasteiger partial charge in [0.2, 0.25) is 0 Å². The second kappa shape index (κ2) is 8.59. The molecule has 1 amide bonds. The first kappa shape index (κ1) is 21.0. The minimum absolute atomic E-state index is 0.0160. The van der Waals surface area contributed by atoms with Crippen molar-refractivity contribution in [1.29, 1.82) is 0 Å². The molecule has 1 aromatic rings. The van der Waals surface area contributed by atoms with Crippen LogP contribution in [0.2, 0.25) is 0 Å². The number of amides is 1. The zero-order valence-corrected chi connectivity index (χ0v) is 16.0. The minimum atomic E-state index is -4.13. The summed E-state index contributed by atoms with van der Waals surface area (Å²) in [6.07, 6.45) is 1.39. The molecule has 0 bridgehead atoms. The van der Waals surface area contributed by atoms with Crippen molar-refractivity contribution in [3.63, 3.8) is 0 Å². The van der Waals surface area contributed by atoms with E-state index in [-0.39, 0.29) is 24.8 Å². The maximum absolute atomic E-state index is 12.9. The zero-order valence-electron chi connectivity index (χ0n) is 16.0. The van der Waals surface area contributed by atoms with E-state index in [4.69, 9.17) is 0 Å². The van der Waals surface area contributed by atoms with Crippen LogP contribution in [0.15, 0.2) is 42.5 Å². The van der Waals surface area contributed by atoms with Crippen molar-refractivity contribution in [3.8, 4) is 0 Å². The Hall–Kier alpha value is -2.30. The molecule has 1 aromatic carbocycles. The quantitative estimate of drug-likeness (QED) is 0.507. The largest absolute Gasteiger partial charge is 0.392 e. The Balaban J connectivity index is 2.31. The number of alkyl halides is 3. The predicted octanol–water partition coefficient (Wildman–Crippen LogP) is 5.83. The van der Waals surface area contributed by atoms with Crippen molar-refractivity contribution in [2.75, 3.05) is 0 Å². The molecule has 1 aliphatic carbocycles. The Morgan fingerprint density at radius 3 is 2.56 bits per heavy atom. The summed E-state index contributed by atoms with van der Waals surface area (Å²) in [6, 6.07) is 5.70. The van der Waals surface area contributed by atoms with E-state index in [1.54, 1.807) is 12.2 Å². The number of hydrogen-bond donors (Lipinski definition) is 1. The van der Waals surface area contributed by atoms with E-state index in [0.29, 0.717) is 12.0 Å². The number of rotatable bonds is 5. The molecular weight excluding hydrogens is 351 g/mol. The summed E-state index contributed by atoms with van der Waals surface area (Å²) in [4.78, 5) is 12.2. The number of nitrogens with one attached hydrogen (secondary N) is 1. The van der Waals surface area contributed by atoms with Crippen molar-refractivity contribution in [1.82, 2.24) is 5.32 Å². The van der Waals surface area contributed by atoms with Gasteiger partial charge in [0, 0.05) is 11.6 Å². The van der Waals surface area contributed by atoms with E-state index in [2.05, 4.69) is 11.9 Å². The zero-order chi connectivity index (χ0) is 20.2. The molecule has 1 aliphatic rings. The normalized spacial score (nSPS) is 18.3. The summed E-state index contributed by atoms with van der Waals surface area (Å²) >= 11 is 0. The molecule has 2 rings (SSSR count). The van der Waals surface area contributed by atoms with Crippen molar-refractivity contribution >= 4 is 17.6 Å². The summed E-state index contributed by atoms with van der Waals surface area (Å²) < 4.78 is 38.6. The maximum atomic E-state index is 12.9. The monoisotopic (exact) mass is 377 g/mol. The van der Waals surface area contributed by atoms with E-state index in [1.807, 2.05) is 39.0 Å². The first-order chi connectivity index (χ1) is 12.6. The highest BCUT2D eigenvalue weighted by Crippen LogP contribution is 2.40. The van der Waals surface area contributed by atoms with Gasteiger partial charge in [-0.15, -0.1) is 0 Å². The van der Waals surface area contributed by atoms with Gasteiger partial charge in [-0.3, -0.25) is 4.79 Å². The van der Waals surface area contributed by atoms with Crippen molar-refractivity contribution in [2.45, 2.75) is 52.3 Å². The molecular formula is C22H26F3NO. The first-order valence-corrected chi connectivity index (χ1v) is 9.14. The van der Waals surface area contributed by atoms with E-state index in [9.17, 15) is 18.0 Å². The van der Waals surface area contributed by atoms with Gasteiger partial charge < -0.3 is 5.32 Å². The molecule has 146 valence electrons. The number of allylic oxidation sites excluding steroid dienone is 2. The van der Waals surface area contributed by atoms with Crippen LogP contribution in [0, 0.1) is 12.8 Å². The van der Waals surface area contributed by atoms with Crippen LogP contribution in [0.3, 0.4) is 0 Å². The summed E-state index contributed by atoms with van der Waals surface area (Å²) in [6.45, 7) is 9.41. The Kier molecular flexibility index (Phi) is 6.68. The van der Waals surface area contributed by atoms with Crippen molar-refractivity contribution in [2.24, 2.45) is 5.92 Å². The second-order valence-corrected chi connectivity index (χ2v) is 7.19. The molecule has 1 N–H and O–H groups in total. The third-order valence-corrected chi connectivity index (χ3v) is 4.81. The summed E-state index contributed by atoms with van der Waals surface area (Å²) in [5.41, 5.74) is 4.15. The molecule has 0 fully saturated rings. The highest BCUT2D eigenvalue weighted by atomic mass is 19.4. The fourth-order valence-electron chi connectivity index (χ4n) is 3.26. The molecule has 0 radical (unpaired) electrons. The Morgan fingerprint density at radius 2 is 2.04 bits per heavy atom. The molecule has 2 nitrogen and oxygen atoms in total. The van der Waals surface area contributed by atoms with Gasteiger partial charge in [-0.1, -0.05) is 36.9 Å².